The molecule has 7 heteroatoms. The van der Waals surface area contributed by atoms with E-state index in [1.165, 1.54) is 6.33 Å². The van der Waals surface area contributed by atoms with Crippen molar-refractivity contribution < 1.29 is 9.52 Å². The van der Waals surface area contributed by atoms with Crippen LogP contribution in [0.4, 0.5) is 11.5 Å². The Hall–Kier alpha value is -3.74. The summed E-state index contributed by atoms with van der Waals surface area (Å²) in [6.45, 7) is 4.90. The fourth-order valence-electron chi connectivity index (χ4n) is 3.60. The SMILES string of the molecule is CC(C)Cn1c(O)c(N=Nc2ncnc3c2oc2ccccc23)c2ccccc21. The summed E-state index contributed by atoms with van der Waals surface area (Å²) in [6.07, 6.45) is 1.44. The van der Waals surface area contributed by atoms with Gasteiger partial charge in [-0.25, -0.2) is 9.97 Å². The number of benzene rings is 2. The van der Waals surface area contributed by atoms with Crippen molar-refractivity contribution >= 4 is 44.5 Å². The maximum atomic E-state index is 10.8. The van der Waals surface area contributed by atoms with E-state index in [4.69, 9.17) is 4.42 Å². The van der Waals surface area contributed by atoms with Crippen molar-refractivity contribution in [1.29, 1.82) is 0 Å². The molecule has 3 heterocycles. The van der Waals surface area contributed by atoms with Crippen molar-refractivity contribution in [3.8, 4) is 5.88 Å². The number of para-hydroxylation sites is 2. The second kappa shape index (κ2) is 6.70. The number of fused-ring (bicyclic) bond motifs is 4. The van der Waals surface area contributed by atoms with Gasteiger partial charge in [-0.1, -0.05) is 44.2 Å². The van der Waals surface area contributed by atoms with Crippen LogP contribution in [0.15, 0.2) is 69.5 Å². The van der Waals surface area contributed by atoms with Gasteiger partial charge in [0.25, 0.3) is 0 Å². The highest BCUT2D eigenvalue weighted by Crippen LogP contribution is 2.40. The Morgan fingerprint density at radius 3 is 2.59 bits per heavy atom. The van der Waals surface area contributed by atoms with Crippen LogP contribution >= 0.6 is 0 Å². The number of aromatic hydroxyl groups is 1. The minimum absolute atomic E-state index is 0.0959. The Bertz CT molecular complexity index is 1380. The average molecular weight is 385 g/mol. The van der Waals surface area contributed by atoms with Gasteiger partial charge < -0.3 is 14.1 Å². The number of azo groups is 1. The van der Waals surface area contributed by atoms with Crippen molar-refractivity contribution in [2.75, 3.05) is 0 Å². The van der Waals surface area contributed by atoms with Crippen LogP contribution < -0.4 is 0 Å². The zero-order valence-electron chi connectivity index (χ0n) is 16.1. The molecular formula is C22H19N5O2. The smallest absolute Gasteiger partial charge is 0.221 e. The van der Waals surface area contributed by atoms with Crippen molar-refractivity contribution in [2.24, 2.45) is 16.1 Å². The molecule has 0 spiro atoms. The molecule has 0 bridgehead atoms. The van der Waals surface area contributed by atoms with Crippen LogP contribution in [0.25, 0.3) is 33.0 Å². The molecule has 7 nitrogen and oxygen atoms in total. The van der Waals surface area contributed by atoms with Crippen LogP contribution in [0.5, 0.6) is 5.88 Å². The third-order valence-electron chi connectivity index (χ3n) is 4.85. The van der Waals surface area contributed by atoms with Crippen LogP contribution in [-0.2, 0) is 6.54 Å². The first kappa shape index (κ1) is 17.4. The molecule has 2 aromatic carbocycles. The number of hydrogen-bond donors (Lipinski definition) is 1. The standard InChI is InChI=1S/C22H19N5O2/c1-13(2)11-27-16-9-5-3-7-14(16)19(22(27)28)25-26-21-20-18(23-12-24-21)15-8-4-6-10-17(15)29-20/h3-10,12-13,28H,11H2,1-2H3. The first-order valence-electron chi connectivity index (χ1n) is 9.47. The average Bonchev–Trinajstić information content (AvgIpc) is 3.23. The molecule has 144 valence electrons. The lowest BCUT2D eigenvalue weighted by molar-refractivity contribution is 0.401. The molecule has 0 saturated carbocycles. The lowest BCUT2D eigenvalue weighted by Crippen LogP contribution is -2.03. The Morgan fingerprint density at radius 1 is 1.00 bits per heavy atom. The lowest BCUT2D eigenvalue weighted by Gasteiger charge is -2.09. The largest absolute Gasteiger partial charge is 0.493 e. The Kier molecular flexibility index (Phi) is 4.01. The van der Waals surface area contributed by atoms with Gasteiger partial charge in [-0.3, -0.25) is 0 Å². The highest BCUT2D eigenvalue weighted by Gasteiger charge is 2.18. The highest BCUT2D eigenvalue weighted by atomic mass is 16.3. The van der Waals surface area contributed by atoms with E-state index in [0.29, 0.717) is 35.1 Å². The first-order valence-corrected chi connectivity index (χ1v) is 9.47. The highest BCUT2D eigenvalue weighted by molar-refractivity contribution is 6.05. The van der Waals surface area contributed by atoms with Gasteiger partial charge >= 0.3 is 0 Å². The second-order valence-corrected chi connectivity index (χ2v) is 7.37. The van der Waals surface area contributed by atoms with Crippen molar-refractivity contribution in [3.05, 3.63) is 54.9 Å². The zero-order chi connectivity index (χ0) is 20.0. The fourth-order valence-corrected chi connectivity index (χ4v) is 3.60. The zero-order valence-corrected chi connectivity index (χ0v) is 16.1. The van der Waals surface area contributed by atoms with Gasteiger partial charge in [0.15, 0.2) is 11.3 Å². The molecule has 1 N–H and O–H groups in total. The molecule has 0 saturated heterocycles. The summed E-state index contributed by atoms with van der Waals surface area (Å²) >= 11 is 0. The van der Waals surface area contributed by atoms with Crippen molar-refractivity contribution in [1.82, 2.24) is 14.5 Å². The van der Waals surface area contributed by atoms with E-state index in [9.17, 15) is 5.11 Å². The summed E-state index contributed by atoms with van der Waals surface area (Å²) in [7, 11) is 0. The minimum atomic E-state index is 0.0959. The minimum Gasteiger partial charge on any atom is -0.493 e. The summed E-state index contributed by atoms with van der Waals surface area (Å²) in [5.41, 5.74) is 3.23. The van der Waals surface area contributed by atoms with E-state index in [1.54, 1.807) is 0 Å². The summed E-state index contributed by atoms with van der Waals surface area (Å²) < 4.78 is 7.77. The van der Waals surface area contributed by atoms with Gasteiger partial charge in [-0.2, -0.15) is 0 Å². The second-order valence-electron chi connectivity index (χ2n) is 7.37. The third-order valence-corrected chi connectivity index (χ3v) is 4.85. The summed E-state index contributed by atoms with van der Waals surface area (Å²) in [6, 6.07) is 15.4. The number of hydrogen-bond acceptors (Lipinski definition) is 6. The van der Waals surface area contributed by atoms with Crippen LogP contribution in [-0.4, -0.2) is 19.6 Å². The van der Waals surface area contributed by atoms with Crippen LogP contribution in [0.2, 0.25) is 0 Å². The third kappa shape index (κ3) is 2.82. The van der Waals surface area contributed by atoms with E-state index >= 15 is 0 Å². The quantitative estimate of drug-likeness (QED) is 0.378. The van der Waals surface area contributed by atoms with Gasteiger partial charge in [0.05, 0.1) is 5.52 Å². The molecule has 5 aromatic rings. The summed E-state index contributed by atoms with van der Waals surface area (Å²) in [5.74, 6) is 0.795. The Balaban J connectivity index is 1.66. The number of furan rings is 1. The first-order chi connectivity index (χ1) is 14.1. The number of aromatic nitrogens is 3. The molecule has 3 aromatic heterocycles. The molecular weight excluding hydrogens is 366 g/mol. The fraction of sp³-hybridized carbons (Fsp3) is 0.182. The van der Waals surface area contributed by atoms with E-state index < -0.39 is 0 Å². The Morgan fingerprint density at radius 2 is 1.76 bits per heavy atom. The number of rotatable bonds is 4. The van der Waals surface area contributed by atoms with E-state index in [-0.39, 0.29) is 5.88 Å². The maximum Gasteiger partial charge on any atom is 0.221 e. The van der Waals surface area contributed by atoms with Crippen LogP contribution in [0.1, 0.15) is 13.8 Å². The normalized spacial score (nSPS) is 12.2. The molecule has 0 amide bonds. The predicted molar refractivity (Wildman–Crippen MR) is 112 cm³/mol. The maximum absolute atomic E-state index is 10.8. The lowest BCUT2D eigenvalue weighted by atomic mass is 10.2. The van der Waals surface area contributed by atoms with Gasteiger partial charge in [0.1, 0.15) is 17.4 Å². The molecule has 0 atom stereocenters. The van der Waals surface area contributed by atoms with Gasteiger partial charge in [0.2, 0.25) is 11.7 Å². The molecule has 0 aliphatic heterocycles. The van der Waals surface area contributed by atoms with E-state index in [0.717, 1.165) is 21.9 Å². The van der Waals surface area contributed by atoms with E-state index in [2.05, 4.69) is 34.0 Å². The molecule has 0 aliphatic rings. The van der Waals surface area contributed by atoms with Crippen LogP contribution in [0.3, 0.4) is 0 Å². The predicted octanol–water partition coefficient (Wildman–Crippen LogP) is 6.11. The Labute approximate surface area is 166 Å². The topological polar surface area (TPSA) is 88.8 Å². The summed E-state index contributed by atoms with van der Waals surface area (Å²) in [5, 5.41) is 21.2. The molecule has 0 radical (unpaired) electrons. The number of nitrogens with zero attached hydrogens (tertiary/aromatic N) is 5. The molecule has 0 fully saturated rings. The van der Waals surface area contributed by atoms with Crippen molar-refractivity contribution in [2.45, 2.75) is 20.4 Å². The van der Waals surface area contributed by atoms with E-state index in [1.807, 2.05) is 53.1 Å². The molecule has 29 heavy (non-hydrogen) atoms. The molecule has 0 aliphatic carbocycles. The van der Waals surface area contributed by atoms with Crippen molar-refractivity contribution in [3.63, 3.8) is 0 Å². The monoisotopic (exact) mass is 385 g/mol. The molecule has 5 rings (SSSR count). The molecule has 0 unspecified atom stereocenters. The van der Waals surface area contributed by atoms with Gasteiger partial charge in [-0.05, 0) is 24.1 Å². The summed E-state index contributed by atoms with van der Waals surface area (Å²) in [4.78, 5) is 8.56. The van der Waals surface area contributed by atoms with Gasteiger partial charge in [-0.15, -0.1) is 10.2 Å². The van der Waals surface area contributed by atoms with Crippen LogP contribution in [0, 0.1) is 5.92 Å². The van der Waals surface area contributed by atoms with Gasteiger partial charge in [0, 0.05) is 17.3 Å².